The van der Waals surface area contributed by atoms with Crippen LogP contribution < -0.4 is 14.8 Å². The Morgan fingerprint density at radius 1 is 1.15 bits per heavy atom. The SMILES string of the molecule is COc1cc(OC)cc(-c2noc(CNC(C)C)n2)c1. The number of methoxy groups -OCH3 is 2. The average Bonchev–Trinajstić information content (AvgIpc) is 2.93. The summed E-state index contributed by atoms with van der Waals surface area (Å²) in [5.74, 6) is 2.44. The van der Waals surface area contributed by atoms with E-state index in [1.165, 1.54) is 0 Å². The van der Waals surface area contributed by atoms with Gasteiger partial charge in [-0.05, 0) is 12.1 Å². The van der Waals surface area contributed by atoms with Crippen LogP contribution in [0.25, 0.3) is 11.4 Å². The lowest BCUT2D eigenvalue weighted by Gasteiger charge is -2.05. The number of benzene rings is 1. The van der Waals surface area contributed by atoms with Crippen LogP contribution in [0.2, 0.25) is 0 Å². The third-order valence-electron chi connectivity index (χ3n) is 2.74. The molecule has 0 amide bonds. The number of hydrogen-bond donors (Lipinski definition) is 1. The van der Waals surface area contributed by atoms with E-state index < -0.39 is 0 Å². The summed E-state index contributed by atoms with van der Waals surface area (Å²) >= 11 is 0. The summed E-state index contributed by atoms with van der Waals surface area (Å²) in [7, 11) is 3.21. The summed E-state index contributed by atoms with van der Waals surface area (Å²) in [6, 6.07) is 5.84. The van der Waals surface area contributed by atoms with E-state index in [1.54, 1.807) is 20.3 Å². The summed E-state index contributed by atoms with van der Waals surface area (Å²) in [6.07, 6.45) is 0. The minimum Gasteiger partial charge on any atom is -0.497 e. The van der Waals surface area contributed by atoms with Gasteiger partial charge in [0.25, 0.3) is 0 Å². The predicted molar refractivity (Wildman–Crippen MR) is 74.8 cm³/mol. The van der Waals surface area contributed by atoms with Crippen molar-refractivity contribution in [1.82, 2.24) is 15.5 Å². The largest absolute Gasteiger partial charge is 0.497 e. The molecule has 20 heavy (non-hydrogen) atoms. The van der Waals surface area contributed by atoms with Gasteiger partial charge in [-0.2, -0.15) is 4.98 Å². The maximum absolute atomic E-state index is 5.23. The number of ether oxygens (including phenoxy) is 2. The Morgan fingerprint density at radius 2 is 1.80 bits per heavy atom. The molecule has 0 bridgehead atoms. The zero-order valence-electron chi connectivity index (χ0n) is 12.1. The van der Waals surface area contributed by atoms with Crippen LogP contribution in [0.5, 0.6) is 11.5 Å². The first-order chi connectivity index (χ1) is 9.62. The van der Waals surface area contributed by atoms with Crippen LogP contribution in [0.4, 0.5) is 0 Å². The Kier molecular flexibility index (Phi) is 4.57. The van der Waals surface area contributed by atoms with Crippen LogP contribution in [-0.2, 0) is 6.54 Å². The molecule has 0 aliphatic heterocycles. The molecule has 1 heterocycles. The van der Waals surface area contributed by atoms with Crippen molar-refractivity contribution in [1.29, 1.82) is 0 Å². The van der Waals surface area contributed by atoms with Gasteiger partial charge in [0.1, 0.15) is 11.5 Å². The van der Waals surface area contributed by atoms with Crippen molar-refractivity contribution in [2.24, 2.45) is 0 Å². The Balaban J connectivity index is 2.22. The lowest BCUT2D eigenvalue weighted by atomic mass is 10.2. The van der Waals surface area contributed by atoms with Crippen LogP contribution in [0.15, 0.2) is 22.7 Å². The fraction of sp³-hybridized carbons (Fsp3) is 0.429. The van der Waals surface area contributed by atoms with E-state index in [0.717, 1.165) is 5.56 Å². The molecule has 0 saturated carbocycles. The molecule has 1 N–H and O–H groups in total. The van der Waals surface area contributed by atoms with Gasteiger partial charge < -0.3 is 19.3 Å². The molecule has 6 heteroatoms. The van der Waals surface area contributed by atoms with Crippen molar-refractivity contribution < 1.29 is 14.0 Å². The molecular formula is C14H19N3O3. The number of hydrogen-bond acceptors (Lipinski definition) is 6. The monoisotopic (exact) mass is 277 g/mol. The third kappa shape index (κ3) is 3.48. The van der Waals surface area contributed by atoms with E-state index in [0.29, 0.717) is 35.8 Å². The molecule has 1 aromatic carbocycles. The zero-order chi connectivity index (χ0) is 14.5. The van der Waals surface area contributed by atoms with E-state index >= 15 is 0 Å². The molecule has 2 rings (SSSR count). The molecule has 0 aliphatic rings. The average molecular weight is 277 g/mol. The van der Waals surface area contributed by atoms with Crippen LogP contribution in [0.1, 0.15) is 19.7 Å². The van der Waals surface area contributed by atoms with E-state index in [-0.39, 0.29) is 0 Å². The molecule has 6 nitrogen and oxygen atoms in total. The molecule has 1 aromatic heterocycles. The van der Waals surface area contributed by atoms with Gasteiger partial charge in [-0.3, -0.25) is 0 Å². The first-order valence-corrected chi connectivity index (χ1v) is 6.41. The molecular weight excluding hydrogens is 258 g/mol. The van der Waals surface area contributed by atoms with Gasteiger partial charge in [0, 0.05) is 17.7 Å². The number of rotatable bonds is 6. The van der Waals surface area contributed by atoms with Gasteiger partial charge in [0.15, 0.2) is 0 Å². The zero-order valence-corrected chi connectivity index (χ0v) is 12.1. The number of aromatic nitrogens is 2. The molecule has 0 saturated heterocycles. The quantitative estimate of drug-likeness (QED) is 0.873. The van der Waals surface area contributed by atoms with Crippen molar-refractivity contribution in [3.63, 3.8) is 0 Å². The Bertz CT molecular complexity index is 544. The lowest BCUT2D eigenvalue weighted by Crippen LogP contribution is -2.21. The Hall–Kier alpha value is -2.08. The minimum atomic E-state index is 0.363. The third-order valence-corrected chi connectivity index (χ3v) is 2.74. The second-order valence-electron chi connectivity index (χ2n) is 4.65. The molecule has 0 radical (unpaired) electrons. The highest BCUT2D eigenvalue weighted by Crippen LogP contribution is 2.28. The molecule has 0 spiro atoms. The first-order valence-electron chi connectivity index (χ1n) is 6.41. The fourth-order valence-corrected chi connectivity index (χ4v) is 1.67. The van der Waals surface area contributed by atoms with Crippen LogP contribution in [0, 0.1) is 0 Å². The molecule has 0 unspecified atom stereocenters. The normalized spacial score (nSPS) is 10.8. The van der Waals surface area contributed by atoms with Crippen LogP contribution in [-0.4, -0.2) is 30.4 Å². The van der Waals surface area contributed by atoms with Crippen molar-refractivity contribution in [3.8, 4) is 22.9 Å². The van der Waals surface area contributed by atoms with E-state index in [4.69, 9.17) is 14.0 Å². The van der Waals surface area contributed by atoms with Gasteiger partial charge in [-0.25, -0.2) is 0 Å². The van der Waals surface area contributed by atoms with E-state index in [2.05, 4.69) is 29.3 Å². The predicted octanol–water partition coefficient (Wildman–Crippen LogP) is 2.25. The maximum atomic E-state index is 5.23. The Morgan fingerprint density at radius 3 is 2.35 bits per heavy atom. The maximum Gasteiger partial charge on any atom is 0.240 e. The first kappa shape index (κ1) is 14.3. The Labute approximate surface area is 118 Å². The number of nitrogens with zero attached hydrogens (tertiary/aromatic N) is 2. The van der Waals surface area contributed by atoms with Crippen molar-refractivity contribution in [2.75, 3.05) is 14.2 Å². The van der Waals surface area contributed by atoms with Gasteiger partial charge >= 0.3 is 0 Å². The standard InChI is InChI=1S/C14H19N3O3/c1-9(2)15-8-13-16-14(17-20-13)10-5-11(18-3)7-12(6-10)19-4/h5-7,9,15H,8H2,1-4H3. The summed E-state index contributed by atoms with van der Waals surface area (Å²) in [5.41, 5.74) is 0.792. The summed E-state index contributed by atoms with van der Waals surface area (Å²) in [4.78, 5) is 4.35. The molecule has 0 fully saturated rings. The highest BCUT2D eigenvalue weighted by molar-refractivity contribution is 5.60. The summed E-state index contributed by atoms with van der Waals surface area (Å²) < 4.78 is 15.7. The number of nitrogens with one attached hydrogen (secondary N) is 1. The van der Waals surface area contributed by atoms with Crippen molar-refractivity contribution >= 4 is 0 Å². The van der Waals surface area contributed by atoms with Crippen LogP contribution in [0.3, 0.4) is 0 Å². The fourth-order valence-electron chi connectivity index (χ4n) is 1.67. The highest BCUT2D eigenvalue weighted by atomic mass is 16.5. The topological polar surface area (TPSA) is 69.4 Å². The molecule has 108 valence electrons. The summed E-state index contributed by atoms with van der Waals surface area (Å²) in [6.45, 7) is 4.67. The lowest BCUT2D eigenvalue weighted by molar-refractivity contribution is 0.362. The molecule has 2 aromatic rings. The molecule has 0 atom stereocenters. The second kappa shape index (κ2) is 6.38. The van der Waals surface area contributed by atoms with Gasteiger partial charge in [0.05, 0.1) is 20.8 Å². The van der Waals surface area contributed by atoms with Crippen molar-refractivity contribution in [2.45, 2.75) is 26.4 Å². The summed E-state index contributed by atoms with van der Waals surface area (Å²) in [5, 5.41) is 7.20. The van der Waals surface area contributed by atoms with E-state index in [1.807, 2.05) is 12.1 Å². The van der Waals surface area contributed by atoms with Gasteiger partial charge in [0.2, 0.25) is 11.7 Å². The smallest absolute Gasteiger partial charge is 0.240 e. The molecule has 0 aliphatic carbocycles. The highest BCUT2D eigenvalue weighted by Gasteiger charge is 2.11. The minimum absolute atomic E-state index is 0.363. The second-order valence-corrected chi connectivity index (χ2v) is 4.65. The van der Waals surface area contributed by atoms with Crippen molar-refractivity contribution in [3.05, 3.63) is 24.1 Å². The van der Waals surface area contributed by atoms with Crippen LogP contribution >= 0.6 is 0 Å². The van der Waals surface area contributed by atoms with Gasteiger partial charge in [-0.1, -0.05) is 19.0 Å². The van der Waals surface area contributed by atoms with Gasteiger partial charge in [-0.15, -0.1) is 0 Å². The van der Waals surface area contributed by atoms with E-state index in [9.17, 15) is 0 Å².